The van der Waals surface area contributed by atoms with E-state index in [9.17, 15) is 14.0 Å². The van der Waals surface area contributed by atoms with Crippen LogP contribution in [0.2, 0.25) is 0 Å². The molecule has 1 aliphatic rings. The molecule has 0 saturated carbocycles. The molecule has 1 aromatic heterocycles. The highest BCUT2D eigenvalue weighted by Gasteiger charge is 2.29. The summed E-state index contributed by atoms with van der Waals surface area (Å²) in [4.78, 5) is 31.5. The number of hydrogen-bond acceptors (Lipinski definition) is 5. The Labute approximate surface area is 223 Å². The number of hydrogen-bond donors (Lipinski definition) is 3. The maximum absolute atomic E-state index is 13.6. The highest BCUT2D eigenvalue weighted by atomic mass is 32.1. The number of aryl methyl sites for hydroxylation is 1. The van der Waals surface area contributed by atoms with Gasteiger partial charge in [-0.15, -0.1) is 0 Å². The number of nitrogens with two attached hydrogens (primary N) is 1. The minimum atomic E-state index is -0.749. The molecule has 37 heavy (non-hydrogen) atoms. The van der Waals surface area contributed by atoms with Crippen molar-refractivity contribution in [1.29, 1.82) is 0 Å². The van der Waals surface area contributed by atoms with Gasteiger partial charge in [0.1, 0.15) is 23.2 Å². The van der Waals surface area contributed by atoms with Crippen molar-refractivity contribution in [1.82, 2.24) is 19.8 Å². The van der Waals surface area contributed by atoms with Gasteiger partial charge in [0.15, 0.2) is 0 Å². The summed E-state index contributed by atoms with van der Waals surface area (Å²) in [7, 11) is 0. The third kappa shape index (κ3) is 6.90. The van der Waals surface area contributed by atoms with E-state index in [-0.39, 0.29) is 37.5 Å². The van der Waals surface area contributed by atoms with Gasteiger partial charge in [0.2, 0.25) is 11.8 Å². The van der Waals surface area contributed by atoms with E-state index in [1.54, 1.807) is 17.0 Å². The van der Waals surface area contributed by atoms with Crippen LogP contribution >= 0.6 is 13.5 Å². The Morgan fingerprint density at radius 3 is 2.49 bits per heavy atom. The van der Waals surface area contributed by atoms with Crippen molar-refractivity contribution in [2.75, 3.05) is 18.4 Å². The first-order valence-electron chi connectivity index (χ1n) is 12.4. The lowest BCUT2D eigenvalue weighted by molar-refractivity contribution is -0.134. The number of aromatic nitrogens is 2. The number of nitrogens with one attached hydrogen (secondary N) is 2. The van der Waals surface area contributed by atoms with Gasteiger partial charge in [0.25, 0.3) is 0 Å². The normalized spacial score (nSPS) is 13.4. The van der Waals surface area contributed by atoms with E-state index in [1.165, 1.54) is 12.1 Å². The number of fused-ring (bicyclic) bond motifs is 1. The topological polar surface area (TPSA) is 105 Å². The number of carbonyl (C=O) groups is 2. The summed E-state index contributed by atoms with van der Waals surface area (Å²) in [5.74, 6) is 0.916. The summed E-state index contributed by atoms with van der Waals surface area (Å²) < 4.78 is 15.6. The monoisotopic (exact) mass is 526 g/mol. The summed E-state index contributed by atoms with van der Waals surface area (Å²) in [5.41, 5.74) is 9.69. The van der Waals surface area contributed by atoms with Crippen LogP contribution in [-0.4, -0.2) is 45.4 Å². The number of nitrogens with zero attached hydrogens (tertiary/aromatic N) is 3. The second-order valence-corrected chi connectivity index (χ2v) is 9.13. The molecule has 2 aromatic carbocycles. The molecule has 1 aliphatic heterocycles. The third-order valence-electron chi connectivity index (χ3n) is 6.29. The number of amides is 2. The van der Waals surface area contributed by atoms with Crippen LogP contribution in [0, 0.1) is 12.7 Å². The molecule has 0 spiro atoms. The zero-order chi connectivity index (χ0) is 25.7. The SMILES string of the molecule is CCCNC(=O)CC[C@H](N)C(=O)N1CCn2c(nc(-c3ccc(F)cc3)c2Nc2ccc(C)cc2)C1.S. The van der Waals surface area contributed by atoms with Crippen LogP contribution in [0.25, 0.3) is 11.3 Å². The van der Waals surface area contributed by atoms with Crippen LogP contribution in [0.4, 0.5) is 15.9 Å². The molecule has 4 N–H and O–H groups in total. The number of carbonyl (C=O) groups excluding carboxylic acids is 2. The smallest absolute Gasteiger partial charge is 0.239 e. The fourth-order valence-electron chi connectivity index (χ4n) is 4.23. The summed E-state index contributed by atoms with van der Waals surface area (Å²) >= 11 is 0. The third-order valence-corrected chi connectivity index (χ3v) is 6.29. The Kier molecular flexibility index (Phi) is 9.71. The van der Waals surface area contributed by atoms with E-state index in [0.717, 1.165) is 34.9 Å². The Balaban J connectivity index is 0.00000380. The molecule has 10 heteroatoms. The molecule has 1 atom stereocenters. The first kappa shape index (κ1) is 28.2. The standard InChI is InChI=1S/C27H33FN6O2.H2S/c1-3-14-30-24(35)13-12-22(29)27(36)33-15-16-34-23(17-33)32-25(19-6-8-20(28)9-7-19)26(34)31-21-10-4-18(2)5-11-21;/h4-11,22,31H,3,12-17,29H2,1-2H3,(H,30,35);1H2/t22-;/m0./s1. The number of anilines is 2. The lowest BCUT2D eigenvalue weighted by atomic mass is 10.1. The van der Waals surface area contributed by atoms with Crippen molar-refractivity contribution in [3.63, 3.8) is 0 Å². The second kappa shape index (κ2) is 12.7. The summed E-state index contributed by atoms with van der Waals surface area (Å²) in [6.07, 6.45) is 1.37. The molecule has 2 heterocycles. The molecule has 8 nitrogen and oxygen atoms in total. The predicted octanol–water partition coefficient (Wildman–Crippen LogP) is 3.83. The largest absolute Gasteiger partial charge is 0.356 e. The van der Waals surface area contributed by atoms with Gasteiger partial charge in [0.05, 0.1) is 12.6 Å². The van der Waals surface area contributed by atoms with Gasteiger partial charge in [0, 0.05) is 37.3 Å². The van der Waals surface area contributed by atoms with Crippen LogP contribution in [0.1, 0.15) is 37.6 Å². The van der Waals surface area contributed by atoms with Crippen molar-refractivity contribution in [3.8, 4) is 11.3 Å². The van der Waals surface area contributed by atoms with Gasteiger partial charge in [-0.1, -0.05) is 24.6 Å². The molecule has 0 unspecified atom stereocenters. The molecule has 3 aromatic rings. The molecule has 198 valence electrons. The second-order valence-electron chi connectivity index (χ2n) is 9.13. The number of imidazole rings is 1. The van der Waals surface area contributed by atoms with Gasteiger partial charge in [-0.05, 0) is 56.2 Å². The zero-order valence-corrected chi connectivity index (χ0v) is 22.3. The van der Waals surface area contributed by atoms with Crippen molar-refractivity contribution in [2.45, 2.75) is 52.2 Å². The van der Waals surface area contributed by atoms with E-state index in [4.69, 9.17) is 10.7 Å². The van der Waals surface area contributed by atoms with Gasteiger partial charge in [-0.25, -0.2) is 9.37 Å². The quantitative estimate of drug-likeness (QED) is 0.393. The Morgan fingerprint density at radius 2 is 1.81 bits per heavy atom. The maximum Gasteiger partial charge on any atom is 0.239 e. The average molecular weight is 527 g/mol. The van der Waals surface area contributed by atoms with Gasteiger partial charge in [-0.3, -0.25) is 9.59 Å². The molecule has 4 rings (SSSR count). The van der Waals surface area contributed by atoms with E-state index in [1.807, 2.05) is 38.1 Å². The van der Waals surface area contributed by atoms with Crippen molar-refractivity contribution in [2.24, 2.45) is 5.73 Å². The van der Waals surface area contributed by atoms with E-state index >= 15 is 0 Å². The predicted molar refractivity (Wildman–Crippen MR) is 148 cm³/mol. The Bertz CT molecular complexity index is 1210. The van der Waals surface area contributed by atoms with Crippen LogP contribution < -0.4 is 16.4 Å². The summed E-state index contributed by atoms with van der Waals surface area (Å²) in [6.45, 7) is 5.95. The highest BCUT2D eigenvalue weighted by Crippen LogP contribution is 2.33. The fraction of sp³-hybridized carbons (Fsp3) is 0.370. The number of rotatable bonds is 9. The van der Waals surface area contributed by atoms with E-state index in [2.05, 4.69) is 15.2 Å². The first-order valence-corrected chi connectivity index (χ1v) is 12.4. The molecular formula is C27H35FN6O2S. The molecule has 2 amide bonds. The Hall–Kier alpha value is -3.37. The average Bonchev–Trinajstić information content (AvgIpc) is 3.24. The van der Waals surface area contributed by atoms with Crippen LogP contribution in [0.3, 0.4) is 0 Å². The number of benzene rings is 2. The van der Waals surface area contributed by atoms with Crippen LogP contribution in [0.5, 0.6) is 0 Å². The lowest BCUT2D eigenvalue weighted by Gasteiger charge is -2.30. The highest BCUT2D eigenvalue weighted by molar-refractivity contribution is 7.59. The minimum Gasteiger partial charge on any atom is -0.356 e. The number of halogens is 1. The van der Waals surface area contributed by atoms with Gasteiger partial charge >= 0.3 is 0 Å². The summed E-state index contributed by atoms with van der Waals surface area (Å²) in [5, 5.41) is 6.28. The first-order chi connectivity index (χ1) is 17.4. The summed E-state index contributed by atoms with van der Waals surface area (Å²) in [6, 6.07) is 13.5. The molecule has 0 saturated heterocycles. The minimum absolute atomic E-state index is 0. The van der Waals surface area contributed by atoms with Crippen molar-refractivity contribution < 1.29 is 14.0 Å². The molecule has 0 aliphatic carbocycles. The van der Waals surface area contributed by atoms with Gasteiger partial charge in [-0.2, -0.15) is 13.5 Å². The molecular weight excluding hydrogens is 491 g/mol. The Morgan fingerprint density at radius 1 is 1.11 bits per heavy atom. The van der Waals surface area contributed by atoms with Crippen LogP contribution in [0.15, 0.2) is 48.5 Å². The molecule has 0 bridgehead atoms. The zero-order valence-electron chi connectivity index (χ0n) is 21.3. The maximum atomic E-state index is 13.6. The van der Waals surface area contributed by atoms with Gasteiger partial charge < -0.3 is 25.8 Å². The van der Waals surface area contributed by atoms with Crippen molar-refractivity contribution in [3.05, 3.63) is 65.7 Å². The van der Waals surface area contributed by atoms with Crippen LogP contribution in [-0.2, 0) is 22.7 Å². The lowest BCUT2D eigenvalue weighted by Crippen LogP contribution is -2.47. The molecule has 0 fully saturated rings. The molecule has 0 radical (unpaired) electrons. The van der Waals surface area contributed by atoms with Crippen molar-refractivity contribution >= 4 is 36.8 Å². The van der Waals surface area contributed by atoms with E-state index < -0.39 is 6.04 Å². The van der Waals surface area contributed by atoms with E-state index in [0.29, 0.717) is 38.3 Å². The fourth-order valence-corrected chi connectivity index (χ4v) is 4.23.